The van der Waals surface area contributed by atoms with Gasteiger partial charge in [-0.05, 0) is 30.2 Å². The number of nitrogens with one attached hydrogen (secondary N) is 1. The van der Waals surface area contributed by atoms with Gasteiger partial charge in [0, 0.05) is 0 Å². The summed E-state index contributed by atoms with van der Waals surface area (Å²) in [7, 11) is 0. The number of amides is 1. The molecular weight excluding hydrogens is 344 g/mol. The summed E-state index contributed by atoms with van der Waals surface area (Å²) < 4.78 is 11.0. The van der Waals surface area contributed by atoms with Gasteiger partial charge >= 0.3 is 0 Å². The Labute approximate surface area is 157 Å². The predicted molar refractivity (Wildman–Crippen MR) is 98.8 cm³/mol. The van der Waals surface area contributed by atoms with Gasteiger partial charge in [0.25, 0.3) is 0 Å². The molecule has 1 N–H and O–H groups in total. The second-order valence-corrected chi connectivity index (χ2v) is 6.47. The van der Waals surface area contributed by atoms with Gasteiger partial charge in [0.1, 0.15) is 11.5 Å². The zero-order chi connectivity index (χ0) is 19.2. The lowest BCUT2D eigenvalue weighted by Crippen LogP contribution is -2.29. The molecule has 0 unspecified atom stereocenters. The summed E-state index contributed by atoms with van der Waals surface area (Å²) in [6, 6.07) is 12.8. The smallest absolute Gasteiger partial charge is 0.244 e. The minimum absolute atomic E-state index is 0.188. The maximum atomic E-state index is 12.6. The van der Waals surface area contributed by atoms with E-state index in [4.69, 9.17) is 9.15 Å². The van der Waals surface area contributed by atoms with E-state index in [1.54, 1.807) is 18.2 Å². The standard InChI is InChI=1S/C20H20N4O3/c1-13(2)12-27-20-18(23-16-7-3-4-8-17(16)24-20)15(10-21)19(25)22-11-14-6-5-9-26-14/h3-9,13,15H,11-12H2,1-2H3,(H,22,25)/t15-/m0/s1. The number of ether oxygens (including phenoxy) is 1. The molecule has 0 bridgehead atoms. The molecule has 3 aromatic rings. The fourth-order valence-corrected chi connectivity index (χ4v) is 2.47. The number of nitriles is 1. The molecule has 0 saturated carbocycles. The molecule has 0 aliphatic rings. The molecule has 2 heterocycles. The maximum Gasteiger partial charge on any atom is 0.244 e. The number of hydrogen-bond acceptors (Lipinski definition) is 6. The van der Waals surface area contributed by atoms with Crippen LogP contribution in [-0.2, 0) is 11.3 Å². The van der Waals surface area contributed by atoms with Crippen LogP contribution in [-0.4, -0.2) is 22.5 Å². The molecule has 0 aliphatic heterocycles. The first-order valence-electron chi connectivity index (χ1n) is 8.67. The summed E-state index contributed by atoms with van der Waals surface area (Å²) in [4.78, 5) is 21.6. The van der Waals surface area contributed by atoms with Gasteiger partial charge in [-0.25, -0.2) is 9.97 Å². The minimum Gasteiger partial charge on any atom is -0.476 e. The summed E-state index contributed by atoms with van der Waals surface area (Å²) >= 11 is 0. The summed E-state index contributed by atoms with van der Waals surface area (Å²) in [5, 5.41) is 12.3. The van der Waals surface area contributed by atoms with Crippen LogP contribution >= 0.6 is 0 Å². The van der Waals surface area contributed by atoms with Crippen molar-refractivity contribution in [3.8, 4) is 11.9 Å². The van der Waals surface area contributed by atoms with E-state index in [1.807, 2.05) is 38.1 Å². The van der Waals surface area contributed by atoms with Crippen molar-refractivity contribution in [3.63, 3.8) is 0 Å². The van der Waals surface area contributed by atoms with Crippen LogP contribution in [0.15, 0.2) is 47.1 Å². The fraction of sp³-hybridized carbons (Fsp3) is 0.300. The molecule has 3 rings (SSSR count). The SMILES string of the molecule is CC(C)COc1nc2ccccc2nc1[C@H](C#N)C(=O)NCc1ccco1. The van der Waals surface area contributed by atoms with E-state index in [1.165, 1.54) is 6.26 Å². The van der Waals surface area contributed by atoms with Crippen molar-refractivity contribution < 1.29 is 13.9 Å². The average Bonchev–Trinajstić information content (AvgIpc) is 3.18. The molecule has 1 aromatic carbocycles. The molecule has 7 nitrogen and oxygen atoms in total. The lowest BCUT2D eigenvalue weighted by molar-refractivity contribution is -0.121. The van der Waals surface area contributed by atoms with Crippen molar-refractivity contribution in [2.75, 3.05) is 6.61 Å². The molecule has 0 spiro atoms. The van der Waals surface area contributed by atoms with Crippen molar-refractivity contribution in [1.82, 2.24) is 15.3 Å². The topological polar surface area (TPSA) is 101 Å². The van der Waals surface area contributed by atoms with Crippen molar-refractivity contribution in [2.24, 2.45) is 5.92 Å². The molecule has 1 atom stereocenters. The quantitative estimate of drug-likeness (QED) is 0.691. The molecule has 0 fully saturated rings. The van der Waals surface area contributed by atoms with E-state index in [0.717, 1.165) is 0 Å². The van der Waals surface area contributed by atoms with Gasteiger partial charge in [0.05, 0.1) is 36.5 Å². The fourth-order valence-electron chi connectivity index (χ4n) is 2.47. The number of furan rings is 1. The van der Waals surface area contributed by atoms with Crippen LogP contribution in [0.3, 0.4) is 0 Å². The van der Waals surface area contributed by atoms with Crippen LogP contribution in [0, 0.1) is 17.2 Å². The van der Waals surface area contributed by atoms with Gasteiger partial charge in [0.15, 0.2) is 5.92 Å². The monoisotopic (exact) mass is 364 g/mol. The Morgan fingerprint density at radius 1 is 1.22 bits per heavy atom. The molecule has 27 heavy (non-hydrogen) atoms. The van der Waals surface area contributed by atoms with Gasteiger partial charge < -0.3 is 14.5 Å². The first-order valence-corrected chi connectivity index (χ1v) is 8.67. The van der Waals surface area contributed by atoms with Crippen LogP contribution in [0.25, 0.3) is 11.0 Å². The number of benzene rings is 1. The van der Waals surface area contributed by atoms with Crippen LogP contribution in [0.4, 0.5) is 0 Å². The number of carbonyl (C=O) groups is 1. The predicted octanol–water partition coefficient (Wildman–Crippen LogP) is 3.18. The minimum atomic E-state index is -1.14. The lowest BCUT2D eigenvalue weighted by atomic mass is 10.1. The van der Waals surface area contributed by atoms with Gasteiger partial charge in [-0.1, -0.05) is 26.0 Å². The van der Waals surface area contributed by atoms with Crippen molar-refractivity contribution in [3.05, 3.63) is 54.1 Å². The number of fused-ring (bicyclic) bond motifs is 1. The first-order chi connectivity index (χ1) is 13.1. The van der Waals surface area contributed by atoms with Gasteiger partial charge in [-0.3, -0.25) is 4.79 Å². The normalized spacial score (nSPS) is 11.9. The van der Waals surface area contributed by atoms with Crippen LogP contribution in [0.2, 0.25) is 0 Å². The Morgan fingerprint density at radius 2 is 1.96 bits per heavy atom. The Balaban J connectivity index is 1.91. The van der Waals surface area contributed by atoms with Gasteiger partial charge in [-0.2, -0.15) is 5.26 Å². The lowest BCUT2D eigenvalue weighted by Gasteiger charge is -2.15. The zero-order valence-electron chi connectivity index (χ0n) is 15.2. The van der Waals surface area contributed by atoms with Crippen LogP contribution < -0.4 is 10.1 Å². The van der Waals surface area contributed by atoms with Crippen molar-refractivity contribution in [2.45, 2.75) is 26.3 Å². The third-order valence-electron chi connectivity index (χ3n) is 3.80. The Bertz CT molecular complexity index is 961. The number of hydrogen-bond donors (Lipinski definition) is 1. The van der Waals surface area contributed by atoms with Crippen molar-refractivity contribution >= 4 is 16.9 Å². The summed E-state index contributed by atoms with van der Waals surface area (Å²) in [6.45, 7) is 4.61. The van der Waals surface area contributed by atoms with E-state index >= 15 is 0 Å². The molecule has 7 heteroatoms. The summed E-state index contributed by atoms with van der Waals surface area (Å²) in [5.74, 6) is -0.547. The molecule has 2 aromatic heterocycles. The highest BCUT2D eigenvalue weighted by molar-refractivity contribution is 5.87. The Hall–Kier alpha value is -3.40. The molecule has 0 saturated heterocycles. The third kappa shape index (κ3) is 4.42. The van der Waals surface area contributed by atoms with Crippen molar-refractivity contribution in [1.29, 1.82) is 5.26 Å². The van der Waals surface area contributed by atoms with E-state index < -0.39 is 11.8 Å². The van der Waals surface area contributed by atoms with Crippen LogP contribution in [0.1, 0.15) is 31.2 Å². The molecule has 1 amide bonds. The molecule has 0 radical (unpaired) electrons. The highest BCUT2D eigenvalue weighted by atomic mass is 16.5. The third-order valence-corrected chi connectivity index (χ3v) is 3.80. The summed E-state index contributed by atoms with van der Waals surface area (Å²) in [5.41, 5.74) is 1.46. The first kappa shape index (κ1) is 18.4. The number of rotatable bonds is 7. The average molecular weight is 364 g/mol. The zero-order valence-corrected chi connectivity index (χ0v) is 15.2. The number of nitrogens with zero attached hydrogens (tertiary/aromatic N) is 3. The second-order valence-electron chi connectivity index (χ2n) is 6.47. The molecule has 0 aliphatic carbocycles. The molecular formula is C20H20N4O3. The maximum absolute atomic E-state index is 12.6. The second kappa shape index (κ2) is 8.32. The van der Waals surface area contributed by atoms with E-state index in [2.05, 4.69) is 15.3 Å². The Morgan fingerprint density at radius 3 is 2.59 bits per heavy atom. The number of para-hydroxylation sites is 2. The van der Waals surface area contributed by atoms with Gasteiger partial charge in [0.2, 0.25) is 11.8 Å². The number of carbonyl (C=O) groups excluding carboxylic acids is 1. The van der Waals surface area contributed by atoms with E-state index in [0.29, 0.717) is 23.4 Å². The molecule has 138 valence electrons. The number of aromatic nitrogens is 2. The van der Waals surface area contributed by atoms with E-state index in [9.17, 15) is 10.1 Å². The summed E-state index contributed by atoms with van der Waals surface area (Å²) in [6.07, 6.45) is 1.52. The highest BCUT2D eigenvalue weighted by Gasteiger charge is 2.27. The highest BCUT2D eigenvalue weighted by Crippen LogP contribution is 2.26. The van der Waals surface area contributed by atoms with Crippen LogP contribution in [0.5, 0.6) is 5.88 Å². The van der Waals surface area contributed by atoms with E-state index in [-0.39, 0.29) is 24.0 Å². The Kier molecular flexibility index (Phi) is 5.67. The van der Waals surface area contributed by atoms with Gasteiger partial charge in [-0.15, -0.1) is 0 Å². The largest absolute Gasteiger partial charge is 0.476 e.